The lowest BCUT2D eigenvalue weighted by Gasteiger charge is -2.40. The van der Waals surface area contributed by atoms with Gasteiger partial charge in [0.05, 0.1) is 11.6 Å². The van der Waals surface area contributed by atoms with Crippen LogP contribution >= 0.6 is 0 Å². The summed E-state index contributed by atoms with van der Waals surface area (Å²) in [7, 11) is 0. The van der Waals surface area contributed by atoms with Gasteiger partial charge in [0.1, 0.15) is 5.60 Å². The van der Waals surface area contributed by atoms with Crippen molar-refractivity contribution in [3.63, 3.8) is 0 Å². The molecule has 0 saturated carbocycles. The minimum atomic E-state index is -4.38. The molecule has 2 heterocycles. The number of halogens is 3. The zero-order chi connectivity index (χ0) is 21.2. The number of aromatic nitrogens is 2. The molecule has 3 rings (SSSR count). The second-order valence-corrected chi connectivity index (χ2v) is 7.68. The van der Waals surface area contributed by atoms with Crippen molar-refractivity contribution < 1.29 is 22.7 Å². The molecule has 7 nitrogen and oxygen atoms in total. The van der Waals surface area contributed by atoms with Gasteiger partial charge in [-0.3, -0.25) is 0 Å². The number of hydrogen-bond donors (Lipinski definition) is 2. The van der Waals surface area contributed by atoms with Crippen molar-refractivity contribution in [3.05, 3.63) is 42.2 Å². The summed E-state index contributed by atoms with van der Waals surface area (Å²) in [6.45, 7) is 6.40. The van der Waals surface area contributed by atoms with Gasteiger partial charge < -0.3 is 20.3 Å². The highest BCUT2D eigenvalue weighted by molar-refractivity contribution is 5.71. The summed E-state index contributed by atoms with van der Waals surface area (Å²) in [5.41, 5.74) is -0.832. The van der Waals surface area contributed by atoms with Crippen LogP contribution < -0.4 is 15.5 Å². The summed E-state index contributed by atoms with van der Waals surface area (Å²) in [5, 5.41) is 5.78. The number of nitrogens with one attached hydrogen (secondary N) is 2. The van der Waals surface area contributed by atoms with Gasteiger partial charge in [0.2, 0.25) is 0 Å². The molecule has 10 heteroatoms. The van der Waals surface area contributed by atoms with E-state index in [1.807, 2.05) is 4.90 Å². The van der Waals surface area contributed by atoms with E-state index in [1.165, 1.54) is 24.5 Å². The van der Waals surface area contributed by atoms with E-state index in [1.54, 1.807) is 20.8 Å². The molecule has 1 aromatic heterocycles. The fourth-order valence-electron chi connectivity index (χ4n) is 2.75. The molecule has 29 heavy (non-hydrogen) atoms. The molecule has 0 unspecified atom stereocenters. The number of anilines is 3. The van der Waals surface area contributed by atoms with Crippen molar-refractivity contribution in [2.24, 2.45) is 0 Å². The summed E-state index contributed by atoms with van der Waals surface area (Å²) in [6.07, 6.45) is -1.85. The Morgan fingerprint density at radius 2 is 1.72 bits per heavy atom. The number of nitrogens with zero attached hydrogens (tertiary/aromatic N) is 3. The first-order chi connectivity index (χ1) is 13.5. The number of ether oxygens (including phenoxy) is 1. The number of amides is 1. The lowest BCUT2D eigenvalue weighted by molar-refractivity contribution is -0.137. The van der Waals surface area contributed by atoms with E-state index >= 15 is 0 Å². The molecule has 1 amide bonds. The molecule has 0 bridgehead atoms. The normalized spacial score (nSPS) is 14.9. The van der Waals surface area contributed by atoms with Crippen LogP contribution in [0, 0.1) is 0 Å². The van der Waals surface area contributed by atoms with Crippen LogP contribution in [-0.4, -0.2) is 40.8 Å². The Morgan fingerprint density at radius 3 is 2.31 bits per heavy atom. The molecular formula is C19H22F3N5O2. The largest absolute Gasteiger partial charge is 0.444 e. The number of rotatable bonds is 4. The minimum absolute atomic E-state index is 0.0919. The number of hydrogen-bond acceptors (Lipinski definition) is 6. The molecule has 0 spiro atoms. The van der Waals surface area contributed by atoms with Gasteiger partial charge in [-0.05, 0) is 45.0 Å². The summed E-state index contributed by atoms with van der Waals surface area (Å²) in [4.78, 5) is 22.3. The van der Waals surface area contributed by atoms with Crippen LogP contribution in [0.5, 0.6) is 0 Å². The maximum atomic E-state index is 12.7. The van der Waals surface area contributed by atoms with Gasteiger partial charge in [0.15, 0.2) is 11.6 Å². The zero-order valence-electron chi connectivity index (χ0n) is 16.2. The number of alkyl carbamates (subject to hydrolysis) is 1. The minimum Gasteiger partial charge on any atom is -0.444 e. The lowest BCUT2D eigenvalue weighted by atomic mass is 10.1. The third kappa shape index (κ3) is 5.49. The molecular weight excluding hydrogens is 387 g/mol. The molecule has 0 aliphatic carbocycles. The van der Waals surface area contributed by atoms with Gasteiger partial charge in [-0.15, -0.1) is 0 Å². The molecule has 0 atom stereocenters. The topological polar surface area (TPSA) is 79.4 Å². The van der Waals surface area contributed by atoms with E-state index in [2.05, 4.69) is 20.6 Å². The summed E-state index contributed by atoms with van der Waals surface area (Å²) >= 11 is 0. The Bertz CT molecular complexity index is 859. The molecule has 1 aliphatic heterocycles. The highest BCUT2D eigenvalue weighted by Crippen LogP contribution is 2.32. The van der Waals surface area contributed by atoms with Crippen LogP contribution in [0.15, 0.2) is 36.7 Å². The van der Waals surface area contributed by atoms with Crippen LogP contribution in [0.3, 0.4) is 0 Å². The monoisotopic (exact) mass is 409 g/mol. The number of carbonyl (C=O) groups is 1. The fraction of sp³-hybridized carbons (Fsp3) is 0.421. The Labute approximate surface area is 166 Å². The van der Waals surface area contributed by atoms with Crippen molar-refractivity contribution in [3.8, 4) is 0 Å². The van der Waals surface area contributed by atoms with Crippen molar-refractivity contribution in [2.45, 2.75) is 38.6 Å². The van der Waals surface area contributed by atoms with E-state index < -0.39 is 23.4 Å². The predicted molar refractivity (Wildman–Crippen MR) is 102 cm³/mol. The number of carbonyl (C=O) groups excluding carboxylic acids is 1. The molecule has 1 fully saturated rings. The van der Waals surface area contributed by atoms with Crippen molar-refractivity contribution in [1.29, 1.82) is 0 Å². The summed E-state index contributed by atoms with van der Waals surface area (Å²) in [5.74, 6) is 0.970. The average molecular weight is 409 g/mol. The molecule has 1 aliphatic rings. The van der Waals surface area contributed by atoms with Gasteiger partial charge in [0.25, 0.3) is 0 Å². The first-order valence-electron chi connectivity index (χ1n) is 9.01. The number of benzene rings is 1. The Hall–Kier alpha value is -3.04. The molecule has 2 N–H and O–H groups in total. The van der Waals surface area contributed by atoms with Gasteiger partial charge in [-0.1, -0.05) is 0 Å². The first kappa shape index (κ1) is 20.7. The highest BCUT2D eigenvalue weighted by Gasteiger charge is 2.32. The molecule has 156 valence electrons. The Balaban J connectivity index is 1.61. The summed E-state index contributed by atoms with van der Waals surface area (Å²) < 4.78 is 43.3. The smallest absolute Gasteiger partial charge is 0.416 e. The van der Waals surface area contributed by atoms with Crippen molar-refractivity contribution >= 4 is 23.4 Å². The molecule has 0 radical (unpaired) electrons. The van der Waals surface area contributed by atoms with E-state index in [0.717, 1.165) is 12.1 Å². The van der Waals surface area contributed by atoms with E-state index in [9.17, 15) is 18.0 Å². The predicted octanol–water partition coefficient (Wildman–Crippen LogP) is 3.95. The highest BCUT2D eigenvalue weighted by atomic mass is 19.4. The van der Waals surface area contributed by atoms with Crippen LogP contribution in [0.4, 0.5) is 35.3 Å². The number of alkyl halides is 3. The summed E-state index contributed by atoms with van der Waals surface area (Å²) in [6, 6.07) is 4.59. The zero-order valence-corrected chi connectivity index (χ0v) is 16.2. The Morgan fingerprint density at radius 1 is 1.10 bits per heavy atom. The van der Waals surface area contributed by atoms with Gasteiger partial charge >= 0.3 is 12.3 Å². The SMILES string of the molecule is CC(C)(C)OC(=O)NC1CN(c2nccnc2Nc2ccc(C(F)(F)F)cc2)C1. The van der Waals surface area contributed by atoms with Crippen molar-refractivity contribution in [2.75, 3.05) is 23.3 Å². The van der Waals surface area contributed by atoms with E-state index in [-0.39, 0.29) is 6.04 Å². The van der Waals surface area contributed by atoms with Crippen LogP contribution in [0.1, 0.15) is 26.3 Å². The van der Waals surface area contributed by atoms with E-state index in [4.69, 9.17) is 4.74 Å². The second-order valence-electron chi connectivity index (χ2n) is 7.68. The standard InChI is InChI=1S/C19H22F3N5O2/c1-18(2,3)29-17(28)26-14-10-27(11-14)16-15(23-8-9-24-16)25-13-6-4-12(5-7-13)19(20,21)22/h4-9,14H,10-11H2,1-3H3,(H,23,25)(H,26,28). The molecule has 1 saturated heterocycles. The Kier molecular flexibility index (Phi) is 5.54. The second kappa shape index (κ2) is 7.76. The maximum absolute atomic E-state index is 12.7. The quantitative estimate of drug-likeness (QED) is 0.796. The van der Waals surface area contributed by atoms with Gasteiger partial charge in [-0.25, -0.2) is 14.8 Å². The first-order valence-corrected chi connectivity index (χ1v) is 9.01. The van der Waals surface area contributed by atoms with Crippen LogP contribution in [0.2, 0.25) is 0 Å². The molecule has 2 aromatic rings. The third-order valence-corrected chi connectivity index (χ3v) is 4.06. The van der Waals surface area contributed by atoms with Crippen molar-refractivity contribution in [1.82, 2.24) is 15.3 Å². The van der Waals surface area contributed by atoms with Gasteiger partial charge in [-0.2, -0.15) is 13.2 Å². The third-order valence-electron chi connectivity index (χ3n) is 4.06. The average Bonchev–Trinajstić information content (AvgIpc) is 2.57. The van der Waals surface area contributed by atoms with Crippen LogP contribution in [0.25, 0.3) is 0 Å². The van der Waals surface area contributed by atoms with E-state index in [0.29, 0.717) is 30.4 Å². The molecule has 1 aromatic carbocycles. The van der Waals surface area contributed by atoms with Gasteiger partial charge in [0, 0.05) is 31.2 Å². The fourth-order valence-corrected chi connectivity index (χ4v) is 2.75. The van der Waals surface area contributed by atoms with Crippen LogP contribution in [-0.2, 0) is 10.9 Å². The lowest BCUT2D eigenvalue weighted by Crippen LogP contribution is -2.60. The maximum Gasteiger partial charge on any atom is 0.416 e.